The maximum absolute atomic E-state index is 14.6. The molecule has 1 aromatic heterocycles. The van der Waals surface area contributed by atoms with E-state index in [4.69, 9.17) is 31.5 Å². The van der Waals surface area contributed by atoms with Gasteiger partial charge in [0, 0.05) is 11.1 Å². The third-order valence-electron chi connectivity index (χ3n) is 7.52. The number of benzene rings is 2. The van der Waals surface area contributed by atoms with Gasteiger partial charge in [0.15, 0.2) is 28.8 Å². The molecule has 1 saturated carbocycles. The molecule has 5 rings (SSSR count). The molecule has 9 nitrogen and oxygen atoms in total. The molecule has 14 heteroatoms. The number of nitrogens with two attached hydrogens (primary N) is 1. The number of rotatable bonds is 8. The third kappa shape index (κ3) is 6.08. The number of aromatic nitrogens is 1. The minimum Gasteiger partial charge on any atom is -0.493 e. The number of halogens is 5. The summed E-state index contributed by atoms with van der Waals surface area (Å²) in [5, 5.41) is 13.0. The fourth-order valence-electron chi connectivity index (χ4n) is 4.53. The van der Waals surface area contributed by atoms with Crippen LogP contribution in [-0.4, -0.2) is 54.4 Å². The monoisotopic (exact) mass is 647 g/mol. The van der Waals surface area contributed by atoms with Crippen LogP contribution in [0, 0.1) is 17.7 Å². The first-order valence-corrected chi connectivity index (χ1v) is 13.9. The minimum atomic E-state index is -5.40. The predicted octanol–water partition coefficient (Wildman–Crippen LogP) is 4.14. The van der Waals surface area contributed by atoms with Gasteiger partial charge in [-0.25, -0.2) is 9.37 Å². The van der Waals surface area contributed by atoms with E-state index in [0.29, 0.717) is 5.75 Å². The molecule has 0 spiro atoms. The lowest BCUT2D eigenvalue weighted by Gasteiger charge is -2.31. The van der Waals surface area contributed by atoms with Crippen molar-refractivity contribution in [3.63, 3.8) is 0 Å². The lowest BCUT2D eigenvalue weighted by Crippen LogP contribution is -2.52. The smallest absolute Gasteiger partial charge is 0.424 e. The van der Waals surface area contributed by atoms with Gasteiger partial charge in [-0.2, -0.15) is 13.2 Å². The normalized spacial score (nSPS) is 18.5. The van der Waals surface area contributed by atoms with Crippen molar-refractivity contribution in [1.29, 1.82) is 0 Å². The zero-order valence-corrected chi connectivity index (χ0v) is 24.6. The van der Waals surface area contributed by atoms with E-state index in [2.05, 4.69) is 22.1 Å². The Balaban J connectivity index is 1.54. The molecule has 1 aliphatic carbocycles. The second-order valence-electron chi connectivity index (χ2n) is 10.8. The standard InChI is InChI=1S/C31H26ClF4N3O6/c1-29(28(37)41)15-44-26-19(29)13-24(39-21(26)10-6-16-4-3-5-20(32)25(16)33)30(42,31(34,35)36)14-38-27(40)17-7-11-22(23(12-17)43-2)45-18-8-9-18/h3-5,7,11-13,18,42H,8-9,14-15H2,1-2H3,(H2,37,41)(H,38,40)/t29-,30?/m0/s1. The fourth-order valence-corrected chi connectivity index (χ4v) is 4.70. The molecular formula is C31H26ClF4N3O6. The molecule has 2 amide bonds. The number of aliphatic hydroxyl groups is 1. The van der Waals surface area contributed by atoms with Crippen LogP contribution in [0.3, 0.4) is 0 Å². The highest BCUT2D eigenvalue weighted by atomic mass is 35.5. The topological polar surface area (TPSA) is 133 Å². The van der Waals surface area contributed by atoms with Crippen molar-refractivity contribution in [2.45, 2.75) is 43.1 Å². The molecule has 2 aromatic carbocycles. The van der Waals surface area contributed by atoms with Crippen molar-refractivity contribution in [3.8, 4) is 29.1 Å². The van der Waals surface area contributed by atoms with Crippen molar-refractivity contribution < 1.29 is 46.5 Å². The van der Waals surface area contributed by atoms with E-state index in [0.717, 1.165) is 18.9 Å². The summed E-state index contributed by atoms with van der Waals surface area (Å²) in [4.78, 5) is 29.3. The van der Waals surface area contributed by atoms with Crippen LogP contribution in [0.25, 0.3) is 0 Å². The van der Waals surface area contributed by atoms with Crippen LogP contribution in [-0.2, 0) is 15.8 Å². The maximum atomic E-state index is 14.6. The van der Waals surface area contributed by atoms with Gasteiger partial charge in [-0.15, -0.1) is 0 Å². The first-order valence-electron chi connectivity index (χ1n) is 13.5. The van der Waals surface area contributed by atoms with E-state index < -0.39 is 52.8 Å². The van der Waals surface area contributed by atoms with Gasteiger partial charge in [0.2, 0.25) is 11.5 Å². The molecule has 236 valence electrons. The molecule has 0 radical (unpaired) electrons. The number of carbonyl (C=O) groups excluding carboxylic acids is 2. The first kappa shape index (κ1) is 31.9. The van der Waals surface area contributed by atoms with Gasteiger partial charge in [0.05, 0.1) is 36.0 Å². The summed E-state index contributed by atoms with van der Waals surface area (Å²) in [6, 6.07) is 8.92. The number of carbonyl (C=O) groups is 2. The van der Waals surface area contributed by atoms with E-state index in [-0.39, 0.29) is 45.9 Å². The van der Waals surface area contributed by atoms with Crippen molar-refractivity contribution in [3.05, 3.63) is 81.4 Å². The Morgan fingerprint density at radius 1 is 1.20 bits per heavy atom. The highest BCUT2D eigenvalue weighted by Crippen LogP contribution is 2.45. The van der Waals surface area contributed by atoms with Crippen molar-refractivity contribution in [2.75, 3.05) is 20.3 Å². The van der Waals surface area contributed by atoms with Crippen molar-refractivity contribution in [1.82, 2.24) is 10.3 Å². The van der Waals surface area contributed by atoms with E-state index in [1.54, 1.807) is 0 Å². The molecule has 1 unspecified atom stereocenters. The van der Waals surface area contributed by atoms with E-state index in [9.17, 15) is 32.3 Å². The summed E-state index contributed by atoms with van der Waals surface area (Å²) in [6.07, 6.45) is -3.63. The average molecular weight is 648 g/mol. The Kier molecular flexibility index (Phi) is 8.33. The molecule has 4 N–H and O–H groups in total. The van der Waals surface area contributed by atoms with Gasteiger partial charge in [-0.05, 0) is 62.1 Å². The van der Waals surface area contributed by atoms with Gasteiger partial charge in [0.1, 0.15) is 12.0 Å². The van der Waals surface area contributed by atoms with Crippen LogP contribution >= 0.6 is 11.6 Å². The van der Waals surface area contributed by atoms with E-state index >= 15 is 0 Å². The number of fused-ring (bicyclic) bond motifs is 1. The van der Waals surface area contributed by atoms with Crippen LogP contribution in [0.15, 0.2) is 42.5 Å². The number of ether oxygens (including phenoxy) is 3. The predicted molar refractivity (Wildman–Crippen MR) is 153 cm³/mol. The van der Waals surface area contributed by atoms with Crippen molar-refractivity contribution >= 4 is 23.4 Å². The minimum absolute atomic E-state index is 0.0288. The maximum Gasteiger partial charge on any atom is 0.424 e. The Bertz CT molecular complexity index is 1750. The van der Waals surface area contributed by atoms with Gasteiger partial charge in [-0.1, -0.05) is 23.6 Å². The van der Waals surface area contributed by atoms with Gasteiger partial charge in [-0.3, -0.25) is 9.59 Å². The molecule has 0 bridgehead atoms. The molecule has 2 aliphatic rings. The molecule has 2 heterocycles. The van der Waals surface area contributed by atoms with Crippen LogP contribution in [0.4, 0.5) is 17.6 Å². The van der Waals surface area contributed by atoms with Crippen LogP contribution in [0.1, 0.15) is 52.6 Å². The number of nitrogens with one attached hydrogen (secondary N) is 1. The quantitative estimate of drug-likeness (QED) is 0.247. The highest BCUT2D eigenvalue weighted by molar-refractivity contribution is 6.30. The number of hydrogen-bond acceptors (Lipinski definition) is 7. The van der Waals surface area contributed by atoms with E-state index in [1.807, 2.05) is 0 Å². The number of nitrogens with zero attached hydrogens (tertiary/aromatic N) is 1. The number of alkyl halides is 3. The van der Waals surface area contributed by atoms with Gasteiger partial charge in [0.25, 0.3) is 5.91 Å². The number of hydrogen-bond donors (Lipinski definition) is 3. The zero-order valence-electron chi connectivity index (χ0n) is 23.9. The molecule has 2 atom stereocenters. The largest absolute Gasteiger partial charge is 0.493 e. The Hall–Kier alpha value is -4.54. The Morgan fingerprint density at radius 3 is 2.58 bits per heavy atom. The molecule has 0 saturated heterocycles. The lowest BCUT2D eigenvalue weighted by molar-refractivity contribution is -0.265. The van der Waals surface area contributed by atoms with Gasteiger partial charge >= 0.3 is 6.18 Å². The van der Waals surface area contributed by atoms with Crippen molar-refractivity contribution in [2.24, 2.45) is 5.73 Å². The summed E-state index contributed by atoms with van der Waals surface area (Å²) >= 11 is 5.81. The Morgan fingerprint density at radius 2 is 1.93 bits per heavy atom. The van der Waals surface area contributed by atoms with Gasteiger partial charge < -0.3 is 30.4 Å². The summed E-state index contributed by atoms with van der Waals surface area (Å²) in [7, 11) is 1.35. The second-order valence-corrected chi connectivity index (χ2v) is 11.2. The lowest BCUT2D eigenvalue weighted by atomic mass is 9.82. The van der Waals surface area contributed by atoms with Crippen LogP contribution < -0.4 is 25.3 Å². The summed E-state index contributed by atoms with van der Waals surface area (Å²) in [5.41, 5.74) is -1.66. The summed E-state index contributed by atoms with van der Waals surface area (Å²) in [5.74, 6) is 2.57. The SMILES string of the molecule is COc1cc(C(=O)NCC(O)(c2cc3c(c(C#Cc4cccc(Cl)c4F)n2)OC[C@]3(C)C(N)=O)C(F)(F)F)ccc1OC1CC1. The molecular weight excluding hydrogens is 622 g/mol. The first-order chi connectivity index (χ1) is 21.2. The third-order valence-corrected chi connectivity index (χ3v) is 7.82. The highest BCUT2D eigenvalue weighted by Gasteiger charge is 2.57. The zero-order chi connectivity index (χ0) is 32.7. The Labute approximate surface area is 259 Å². The summed E-state index contributed by atoms with van der Waals surface area (Å²) in [6.45, 7) is -0.391. The van der Waals surface area contributed by atoms with Crippen LogP contribution in [0.5, 0.6) is 17.2 Å². The fraction of sp³-hybridized carbons (Fsp3) is 0.323. The van der Waals surface area contributed by atoms with E-state index in [1.165, 1.54) is 50.4 Å². The number of pyridine rings is 1. The number of amides is 2. The second kappa shape index (κ2) is 11.8. The average Bonchev–Trinajstić information content (AvgIpc) is 3.75. The van der Waals surface area contributed by atoms with Crippen LogP contribution in [0.2, 0.25) is 5.02 Å². The molecule has 3 aromatic rings. The molecule has 1 fully saturated rings. The number of primary amides is 1. The molecule has 45 heavy (non-hydrogen) atoms. The molecule has 1 aliphatic heterocycles. The summed E-state index contributed by atoms with van der Waals surface area (Å²) < 4.78 is 74.9. The number of methoxy groups -OCH3 is 1.